The number of nitriles is 1. The minimum absolute atomic E-state index is 0.0338. The highest BCUT2D eigenvalue weighted by molar-refractivity contribution is 6.00. The van der Waals surface area contributed by atoms with Gasteiger partial charge in [-0.15, -0.1) is 0 Å². The molecule has 3 aromatic carbocycles. The van der Waals surface area contributed by atoms with Gasteiger partial charge in [-0.25, -0.2) is 9.97 Å². The summed E-state index contributed by atoms with van der Waals surface area (Å²) >= 11 is 0. The lowest BCUT2D eigenvalue weighted by molar-refractivity contribution is -0.142. The molecule has 4 atom stereocenters. The maximum Gasteiger partial charge on any atom is 0.226 e. The fraction of sp³-hybridized carbons (Fsp3) is 0.451. The van der Waals surface area contributed by atoms with E-state index in [2.05, 4.69) is 22.2 Å². The van der Waals surface area contributed by atoms with E-state index >= 15 is 0 Å². The van der Waals surface area contributed by atoms with Gasteiger partial charge in [0.2, 0.25) is 11.8 Å². The van der Waals surface area contributed by atoms with Gasteiger partial charge in [-0.2, -0.15) is 5.26 Å². The molecule has 5 rings (SSSR count). The Balaban J connectivity index is 1.53. The molecule has 2 amide bonds. The first kappa shape index (κ1) is 51.4. The fourth-order valence-electron chi connectivity index (χ4n) is 8.16. The van der Waals surface area contributed by atoms with E-state index in [1.807, 2.05) is 37.3 Å². The molecule has 0 spiro atoms. The average molecular weight is 917 g/mol. The van der Waals surface area contributed by atoms with Crippen LogP contribution in [0.1, 0.15) is 97.6 Å². The first-order chi connectivity index (χ1) is 32.2. The Morgan fingerprint density at radius 1 is 0.896 bits per heavy atom. The quantitative estimate of drug-likeness (QED) is 0.0593. The molecule has 0 saturated heterocycles. The minimum Gasteiger partial charge on any atom is -0.494 e. The van der Waals surface area contributed by atoms with Crippen LogP contribution in [0.3, 0.4) is 0 Å². The number of Topliss-reactive ketones (excluding diaryl/α,β-unsaturated/α-hetero) is 3. The average Bonchev–Trinajstić information content (AvgIpc) is 3.31. The number of likely N-dealkylation sites (N-methyl/N-ethyl adjacent to an activating group) is 1. The Morgan fingerprint density at radius 3 is 2.24 bits per heavy atom. The number of hydrogen-bond donors (Lipinski definition) is 4. The maximum atomic E-state index is 14.8. The number of aromatic nitrogens is 2. The van der Waals surface area contributed by atoms with Crippen molar-refractivity contribution in [2.45, 2.75) is 91.1 Å². The number of benzene rings is 3. The van der Waals surface area contributed by atoms with Crippen LogP contribution < -0.4 is 36.7 Å². The second-order valence-electron chi connectivity index (χ2n) is 16.9. The number of rotatable bonds is 21. The number of nitrogens with zero attached hydrogens (tertiary/aromatic N) is 4. The lowest BCUT2D eigenvalue weighted by atomic mass is 9.88. The molecule has 16 nitrogen and oxygen atoms in total. The van der Waals surface area contributed by atoms with E-state index in [4.69, 9.17) is 31.4 Å². The van der Waals surface area contributed by atoms with Gasteiger partial charge in [-0.3, -0.25) is 24.0 Å². The summed E-state index contributed by atoms with van der Waals surface area (Å²) in [6.07, 6.45) is 3.02. The number of nitrogens with two attached hydrogens (primary N) is 3. The van der Waals surface area contributed by atoms with Crippen LogP contribution in [0.25, 0.3) is 22.5 Å². The Labute approximate surface area is 392 Å². The van der Waals surface area contributed by atoms with E-state index in [1.54, 1.807) is 44.2 Å². The van der Waals surface area contributed by atoms with E-state index in [9.17, 15) is 29.2 Å². The number of unbranched alkanes of at least 4 members (excludes halogenated alkanes) is 1. The van der Waals surface area contributed by atoms with Crippen molar-refractivity contribution in [2.24, 2.45) is 29.0 Å². The van der Waals surface area contributed by atoms with Gasteiger partial charge in [0.15, 0.2) is 23.2 Å². The molecule has 0 aliphatic carbocycles. The van der Waals surface area contributed by atoms with Crippen molar-refractivity contribution in [1.82, 2.24) is 20.2 Å². The Hall–Kier alpha value is -6.54. The van der Waals surface area contributed by atoms with Crippen molar-refractivity contribution in [3.63, 3.8) is 0 Å². The highest BCUT2D eigenvalue weighted by Crippen LogP contribution is 2.41. The van der Waals surface area contributed by atoms with Gasteiger partial charge in [0.1, 0.15) is 36.5 Å². The topological polar surface area (TPSA) is 256 Å². The van der Waals surface area contributed by atoms with E-state index in [-0.39, 0.29) is 88.5 Å². The first-order valence-corrected chi connectivity index (χ1v) is 23.0. The van der Waals surface area contributed by atoms with Gasteiger partial charge in [0.25, 0.3) is 0 Å². The SMILES string of the molecule is CCCCOc1ccc(-c2ncc(C(=O)C[C@@H](CCN)C(=O)N(C)[C@@H]3C(=O)C[C@@H](C)C(=O)N[C@H](C(=O)CCC#N)Cc4ccc(OCCN)c(c4)-c4cc3ccc4OCCN)c(C)n2)c(C)c1. The monoisotopic (exact) mass is 916 g/mol. The molecule has 1 aromatic heterocycles. The van der Waals surface area contributed by atoms with Crippen molar-refractivity contribution in [2.75, 3.05) is 46.5 Å². The van der Waals surface area contributed by atoms with Gasteiger partial charge in [0, 0.05) is 80.5 Å². The summed E-state index contributed by atoms with van der Waals surface area (Å²) in [5, 5.41) is 12.1. The van der Waals surface area contributed by atoms with Crippen LogP contribution >= 0.6 is 0 Å². The smallest absolute Gasteiger partial charge is 0.226 e. The van der Waals surface area contributed by atoms with Crippen molar-refractivity contribution >= 4 is 29.2 Å². The van der Waals surface area contributed by atoms with Gasteiger partial charge >= 0.3 is 0 Å². The molecule has 1 aliphatic heterocycles. The molecule has 67 heavy (non-hydrogen) atoms. The number of carbonyl (C=O) groups excluding carboxylic acids is 5. The largest absolute Gasteiger partial charge is 0.494 e. The zero-order chi connectivity index (χ0) is 48.6. The number of carbonyl (C=O) groups is 5. The normalized spacial score (nSPS) is 16.5. The third-order valence-corrected chi connectivity index (χ3v) is 11.8. The molecule has 0 fully saturated rings. The number of ketones is 3. The molecule has 16 heteroatoms. The molecular formula is C51H64N8O8. The zero-order valence-corrected chi connectivity index (χ0v) is 39.3. The summed E-state index contributed by atoms with van der Waals surface area (Å²) in [5.41, 5.74) is 22.3. The number of ether oxygens (including phenoxy) is 3. The lowest BCUT2D eigenvalue weighted by Gasteiger charge is -2.32. The van der Waals surface area contributed by atoms with E-state index in [0.717, 1.165) is 29.7 Å². The first-order valence-electron chi connectivity index (χ1n) is 23.0. The predicted molar refractivity (Wildman–Crippen MR) is 254 cm³/mol. The number of nitrogens with one attached hydrogen (secondary N) is 1. The van der Waals surface area contributed by atoms with Crippen LogP contribution in [0.5, 0.6) is 17.2 Å². The van der Waals surface area contributed by atoms with E-state index < -0.39 is 41.5 Å². The van der Waals surface area contributed by atoms with Crippen molar-refractivity contribution in [3.8, 4) is 45.8 Å². The standard InChI is InChI=1S/C51H64N8O8/c1-6-7-21-65-37-12-13-38(31(2)24-37)49-56-30-41(33(4)57-49)44(61)29-36(16-18-53)51(64)59(5)48-35-11-15-47(67-23-20-55)40(28-35)39-26-34(10-14-46(39)66-22-19-54)27-42(43(60)9-8-17-52)58-50(63)32(3)25-45(48)62/h10-15,24,26,28,30,32,36,42,48H,6-9,16,18-23,25,27,29,53-55H2,1-5H3,(H,58,63)/t32-,36-,42+,48+/m1/s1. The summed E-state index contributed by atoms with van der Waals surface area (Å²) in [5.74, 6) is -2.03. The van der Waals surface area contributed by atoms with E-state index in [1.165, 1.54) is 18.1 Å². The summed E-state index contributed by atoms with van der Waals surface area (Å²) < 4.78 is 18.1. The zero-order valence-electron chi connectivity index (χ0n) is 39.3. The Bertz CT molecular complexity index is 2450. The molecule has 356 valence electrons. The fourth-order valence-corrected chi connectivity index (χ4v) is 8.16. The molecule has 0 unspecified atom stereocenters. The van der Waals surface area contributed by atoms with Crippen LogP contribution in [0, 0.1) is 37.0 Å². The molecule has 1 aliphatic rings. The van der Waals surface area contributed by atoms with Gasteiger partial charge in [-0.1, -0.05) is 32.4 Å². The van der Waals surface area contributed by atoms with Crippen LogP contribution in [0.15, 0.2) is 60.8 Å². The second-order valence-corrected chi connectivity index (χ2v) is 16.9. The summed E-state index contributed by atoms with van der Waals surface area (Å²) in [6, 6.07) is 15.9. The third-order valence-electron chi connectivity index (χ3n) is 11.8. The molecule has 7 N–H and O–H groups in total. The molecular weight excluding hydrogens is 853 g/mol. The molecule has 0 radical (unpaired) electrons. The van der Waals surface area contributed by atoms with Crippen LogP contribution in [0.2, 0.25) is 0 Å². The second kappa shape index (κ2) is 24.8. The molecule has 4 bridgehead atoms. The third kappa shape index (κ3) is 13.3. The molecule has 2 heterocycles. The number of hydrogen-bond acceptors (Lipinski definition) is 14. The number of amides is 2. The Morgan fingerprint density at radius 2 is 1.60 bits per heavy atom. The summed E-state index contributed by atoms with van der Waals surface area (Å²) in [4.78, 5) is 81.5. The maximum absolute atomic E-state index is 14.8. The molecule has 4 aromatic rings. The van der Waals surface area contributed by atoms with Crippen molar-refractivity contribution in [3.05, 3.63) is 88.7 Å². The van der Waals surface area contributed by atoms with Crippen molar-refractivity contribution < 1.29 is 38.2 Å². The highest BCUT2D eigenvalue weighted by atomic mass is 16.5. The lowest BCUT2D eigenvalue weighted by Crippen LogP contribution is -2.46. The molecule has 0 saturated carbocycles. The summed E-state index contributed by atoms with van der Waals surface area (Å²) in [6.45, 7) is 8.80. The van der Waals surface area contributed by atoms with Crippen LogP contribution in [-0.2, 0) is 25.6 Å². The van der Waals surface area contributed by atoms with Crippen molar-refractivity contribution in [1.29, 1.82) is 5.26 Å². The predicted octanol–water partition coefficient (Wildman–Crippen LogP) is 5.53. The summed E-state index contributed by atoms with van der Waals surface area (Å²) in [7, 11) is 1.50. The van der Waals surface area contributed by atoms with Gasteiger partial charge in [-0.05, 0) is 98.8 Å². The van der Waals surface area contributed by atoms with Crippen LogP contribution in [0.4, 0.5) is 0 Å². The number of fused-ring (bicyclic) bond motifs is 5. The van der Waals surface area contributed by atoms with E-state index in [0.29, 0.717) is 51.9 Å². The van der Waals surface area contributed by atoms with Crippen LogP contribution in [-0.4, -0.2) is 96.6 Å². The number of aryl methyl sites for hydroxylation is 2. The van der Waals surface area contributed by atoms with Gasteiger partial charge in [0.05, 0.1) is 30.0 Å². The minimum atomic E-state index is -1.25. The van der Waals surface area contributed by atoms with Gasteiger partial charge < -0.3 is 41.6 Å². The highest BCUT2D eigenvalue weighted by Gasteiger charge is 2.36. The Kier molecular flexibility index (Phi) is 19.1.